The van der Waals surface area contributed by atoms with E-state index in [1.807, 2.05) is 13.2 Å². The summed E-state index contributed by atoms with van der Waals surface area (Å²) in [5.41, 5.74) is 1.22. The van der Waals surface area contributed by atoms with E-state index in [9.17, 15) is 0 Å². The van der Waals surface area contributed by atoms with E-state index >= 15 is 0 Å². The maximum Gasteiger partial charge on any atom is 0.191 e. The third kappa shape index (κ3) is 7.53. The Morgan fingerprint density at radius 1 is 1.07 bits per heavy atom. The molecule has 0 radical (unpaired) electrons. The lowest BCUT2D eigenvalue weighted by atomic mass is 10.0. The number of aliphatic imine (C=N–C) groups is 1. The Kier molecular flexibility index (Phi) is 10.6. The van der Waals surface area contributed by atoms with Gasteiger partial charge in [0.15, 0.2) is 5.96 Å². The molecule has 0 spiro atoms. The zero-order valence-electron chi connectivity index (χ0n) is 18.8. The van der Waals surface area contributed by atoms with Crippen LogP contribution in [-0.4, -0.2) is 74.4 Å². The number of guanidine groups is 1. The van der Waals surface area contributed by atoms with Crippen LogP contribution in [0.3, 0.4) is 0 Å². The average molecular weight is 530 g/mol. The minimum Gasteiger partial charge on any atom is -0.379 e. The number of nitrogens with one attached hydrogen (secondary N) is 2. The van der Waals surface area contributed by atoms with E-state index in [1.165, 1.54) is 31.2 Å². The maximum absolute atomic E-state index is 5.48. The molecule has 2 saturated heterocycles. The second kappa shape index (κ2) is 12.7. The van der Waals surface area contributed by atoms with Gasteiger partial charge in [0.1, 0.15) is 5.82 Å². The molecule has 2 aliphatic heterocycles. The fourth-order valence-corrected chi connectivity index (χ4v) is 4.00. The number of hydrogen-bond acceptors (Lipinski definition) is 5. The highest BCUT2D eigenvalue weighted by atomic mass is 127. The van der Waals surface area contributed by atoms with Gasteiger partial charge in [0, 0.05) is 58.1 Å². The van der Waals surface area contributed by atoms with Crippen molar-refractivity contribution >= 4 is 35.8 Å². The summed E-state index contributed by atoms with van der Waals surface area (Å²) >= 11 is 0. The van der Waals surface area contributed by atoms with E-state index < -0.39 is 0 Å². The van der Waals surface area contributed by atoms with E-state index in [1.54, 1.807) is 0 Å². The minimum absolute atomic E-state index is 0. The van der Waals surface area contributed by atoms with Crippen LogP contribution in [0.5, 0.6) is 0 Å². The van der Waals surface area contributed by atoms with E-state index in [2.05, 4.69) is 51.4 Å². The van der Waals surface area contributed by atoms with Crippen molar-refractivity contribution in [2.24, 2.45) is 4.99 Å². The topological polar surface area (TPSA) is 65.0 Å². The fraction of sp³-hybridized carbons (Fsp3) is 0.727. The predicted molar refractivity (Wildman–Crippen MR) is 135 cm³/mol. The zero-order chi connectivity index (χ0) is 20.5. The largest absolute Gasteiger partial charge is 0.379 e. The molecule has 30 heavy (non-hydrogen) atoms. The number of morpholine rings is 1. The van der Waals surface area contributed by atoms with Gasteiger partial charge in [-0.2, -0.15) is 0 Å². The van der Waals surface area contributed by atoms with Gasteiger partial charge in [0.25, 0.3) is 0 Å². The van der Waals surface area contributed by atoms with Crippen molar-refractivity contribution in [2.75, 3.05) is 57.9 Å². The number of pyridine rings is 1. The molecule has 170 valence electrons. The lowest BCUT2D eigenvalue weighted by Gasteiger charge is -2.41. The van der Waals surface area contributed by atoms with Crippen molar-refractivity contribution in [1.29, 1.82) is 0 Å². The number of anilines is 1. The highest BCUT2D eigenvalue weighted by Gasteiger charge is 2.28. The molecule has 0 unspecified atom stereocenters. The van der Waals surface area contributed by atoms with Crippen LogP contribution in [0.1, 0.15) is 45.1 Å². The Morgan fingerprint density at radius 3 is 2.37 bits per heavy atom. The summed E-state index contributed by atoms with van der Waals surface area (Å²) in [7, 11) is 1.82. The van der Waals surface area contributed by atoms with Gasteiger partial charge in [-0.15, -0.1) is 24.0 Å². The third-order valence-corrected chi connectivity index (χ3v) is 5.98. The highest BCUT2D eigenvalue weighted by Crippen LogP contribution is 2.17. The fourth-order valence-electron chi connectivity index (χ4n) is 4.00. The smallest absolute Gasteiger partial charge is 0.191 e. The minimum atomic E-state index is 0. The Hall–Kier alpha value is -1.13. The number of halogens is 1. The molecule has 0 atom stereocenters. The molecule has 7 nitrogen and oxygen atoms in total. The maximum atomic E-state index is 5.48. The Bertz CT molecular complexity index is 638. The highest BCUT2D eigenvalue weighted by molar-refractivity contribution is 14.0. The average Bonchev–Trinajstić information content (AvgIpc) is 3.04. The first-order valence-electron chi connectivity index (χ1n) is 11.1. The summed E-state index contributed by atoms with van der Waals surface area (Å²) in [4.78, 5) is 14.0. The lowest BCUT2D eigenvalue weighted by Crippen LogP contribution is -2.56. The molecule has 0 aromatic carbocycles. The third-order valence-electron chi connectivity index (χ3n) is 5.98. The van der Waals surface area contributed by atoms with Crippen LogP contribution >= 0.6 is 24.0 Å². The van der Waals surface area contributed by atoms with E-state index in [0.717, 1.165) is 57.7 Å². The first-order chi connectivity index (χ1) is 14.1. The summed E-state index contributed by atoms with van der Waals surface area (Å²) in [5, 5.41) is 6.89. The second-order valence-electron chi connectivity index (χ2n) is 8.62. The van der Waals surface area contributed by atoms with E-state index in [4.69, 9.17) is 9.72 Å². The number of aromatic nitrogens is 1. The molecule has 2 aliphatic rings. The van der Waals surface area contributed by atoms with E-state index in [0.29, 0.717) is 6.54 Å². The molecule has 0 amide bonds. The van der Waals surface area contributed by atoms with Crippen LogP contribution in [0, 0.1) is 0 Å². The first-order valence-corrected chi connectivity index (χ1v) is 11.1. The molecule has 0 aliphatic carbocycles. The zero-order valence-corrected chi connectivity index (χ0v) is 21.2. The number of nitrogens with zero attached hydrogens (tertiary/aromatic N) is 4. The lowest BCUT2D eigenvalue weighted by molar-refractivity contribution is -0.00834. The SMILES string of the molecule is CN=C(NCc1ccc(N2CCCCCC2)nc1)NCC(C)(C)N1CCOCC1.I. The van der Waals surface area contributed by atoms with Crippen molar-refractivity contribution in [3.63, 3.8) is 0 Å². The number of rotatable bonds is 6. The summed E-state index contributed by atoms with van der Waals surface area (Å²) in [6.07, 6.45) is 7.21. The van der Waals surface area contributed by atoms with Crippen molar-refractivity contribution in [2.45, 2.75) is 51.6 Å². The molecular formula is C22H39IN6O. The van der Waals surface area contributed by atoms with Crippen LogP contribution in [0.25, 0.3) is 0 Å². The Labute approximate surface area is 199 Å². The molecule has 3 heterocycles. The van der Waals surface area contributed by atoms with Crippen LogP contribution < -0.4 is 15.5 Å². The van der Waals surface area contributed by atoms with Crippen LogP contribution in [0.15, 0.2) is 23.3 Å². The van der Waals surface area contributed by atoms with E-state index in [-0.39, 0.29) is 29.5 Å². The monoisotopic (exact) mass is 530 g/mol. The molecule has 1 aromatic rings. The number of ether oxygens (including phenoxy) is 1. The Morgan fingerprint density at radius 2 is 1.77 bits per heavy atom. The molecule has 1 aromatic heterocycles. The van der Waals surface area contributed by atoms with Gasteiger partial charge < -0.3 is 20.3 Å². The summed E-state index contributed by atoms with van der Waals surface area (Å²) in [6, 6.07) is 4.32. The van der Waals surface area contributed by atoms with Gasteiger partial charge in [-0.05, 0) is 38.3 Å². The predicted octanol–water partition coefficient (Wildman–Crippen LogP) is 2.86. The van der Waals surface area contributed by atoms with Crippen LogP contribution in [0.2, 0.25) is 0 Å². The Balaban J connectivity index is 0.00000320. The standard InChI is InChI=1S/C22H38N6O.HI/c1-22(2,28-12-14-29-15-13-28)18-26-21(23-3)25-17-19-8-9-20(24-16-19)27-10-6-4-5-7-11-27;/h8-9,16H,4-7,10-15,17-18H2,1-3H3,(H2,23,25,26);1H. The van der Waals surface area contributed by atoms with Crippen LogP contribution in [-0.2, 0) is 11.3 Å². The van der Waals surface area contributed by atoms with Gasteiger partial charge in [0.05, 0.1) is 13.2 Å². The quantitative estimate of drug-likeness (QED) is 0.335. The molecule has 8 heteroatoms. The molecular weight excluding hydrogens is 491 g/mol. The number of hydrogen-bond donors (Lipinski definition) is 2. The van der Waals surface area contributed by atoms with Crippen molar-refractivity contribution in [1.82, 2.24) is 20.5 Å². The second-order valence-corrected chi connectivity index (χ2v) is 8.62. The first kappa shape index (κ1) is 25.1. The molecule has 0 saturated carbocycles. The van der Waals surface area contributed by atoms with Crippen molar-refractivity contribution < 1.29 is 4.74 Å². The van der Waals surface area contributed by atoms with Gasteiger partial charge in [-0.3, -0.25) is 9.89 Å². The molecule has 2 N–H and O–H groups in total. The molecule has 3 rings (SSSR count). The van der Waals surface area contributed by atoms with Crippen LogP contribution in [0.4, 0.5) is 5.82 Å². The summed E-state index contributed by atoms with van der Waals surface area (Å²) in [5.74, 6) is 1.92. The molecule has 0 bridgehead atoms. The van der Waals surface area contributed by atoms with Gasteiger partial charge in [0.2, 0.25) is 0 Å². The summed E-state index contributed by atoms with van der Waals surface area (Å²) < 4.78 is 5.48. The van der Waals surface area contributed by atoms with Crippen molar-refractivity contribution in [3.8, 4) is 0 Å². The molecule has 2 fully saturated rings. The normalized spacial score (nSPS) is 19.0. The van der Waals surface area contributed by atoms with Gasteiger partial charge >= 0.3 is 0 Å². The van der Waals surface area contributed by atoms with Gasteiger partial charge in [-0.1, -0.05) is 18.9 Å². The summed E-state index contributed by atoms with van der Waals surface area (Å²) in [6.45, 7) is 11.9. The van der Waals surface area contributed by atoms with Crippen molar-refractivity contribution in [3.05, 3.63) is 23.9 Å². The van der Waals surface area contributed by atoms with Gasteiger partial charge in [-0.25, -0.2) is 4.98 Å².